The van der Waals surface area contributed by atoms with E-state index in [9.17, 15) is 39.0 Å². The standard InChI is InChI=1S/C40H74N5O13P/c1-32(46)33(45-59)16-14-15-21-41-37(49)30-57-28-27-56-25-23-43-38(50)31-58-29-26-55-24-22-42-35(47)20-19-34(40(53)54)44-36(48)17-12-10-8-6-4-2-3-5-7-9-11-13-18-39(51)52/h33-34,45-46H,1-31,59H2,(H,41,49)(H,42,47)(H,43,50)(H,44,48)(H,51,52)(H,53,54)/t33-,34-/m0/s1. The highest BCUT2D eigenvalue weighted by Crippen LogP contribution is 2.13. The van der Waals surface area contributed by atoms with E-state index in [4.69, 9.17) is 24.1 Å². The summed E-state index contributed by atoms with van der Waals surface area (Å²) >= 11 is 0. The normalized spacial score (nSPS) is 12.0. The van der Waals surface area contributed by atoms with Gasteiger partial charge in [0.2, 0.25) is 23.6 Å². The van der Waals surface area contributed by atoms with E-state index in [1.165, 1.54) is 19.3 Å². The minimum atomic E-state index is -1.19. The Morgan fingerprint density at radius 1 is 0.475 bits per heavy atom. The van der Waals surface area contributed by atoms with Gasteiger partial charge < -0.3 is 55.5 Å². The van der Waals surface area contributed by atoms with E-state index >= 15 is 0 Å². The van der Waals surface area contributed by atoms with Crippen molar-refractivity contribution >= 4 is 45.0 Å². The number of ether oxygens (including phenoxy) is 4. The number of aliphatic carboxylic acids is 2. The second-order valence-corrected chi connectivity index (χ2v) is 14.6. The van der Waals surface area contributed by atoms with Gasteiger partial charge in [0.25, 0.3) is 0 Å². The summed E-state index contributed by atoms with van der Waals surface area (Å²) in [5.74, 6) is -3.07. The summed E-state index contributed by atoms with van der Waals surface area (Å²) in [5, 5.41) is 41.0. The zero-order valence-corrected chi connectivity index (χ0v) is 36.2. The van der Waals surface area contributed by atoms with Crippen LogP contribution >= 0.6 is 9.39 Å². The quantitative estimate of drug-likeness (QED) is 0.0249. The number of amides is 4. The highest BCUT2D eigenvalue weighted by atomic mass is 31.0. The fraction of sp³-hybridized carbons (Fsp3) is 0.800. The van der Waals surface area contributed by atoms with Crippen molar-refractivity contribution in [3.63, 3.8) is 0 Å². The fourth-order valence-electron chi connectivity index (χ4n) is 5.66. The maximum atomic E-state index is 12.3. The maximum absolute atomic E-state index is 12.3. The van der Waals surface area contributed by atoms with Gasteiger partial charge in [0, 0.05) is 38.9 Å². The molecule has 0 aromatic heterocycles. The van der Waals surface area contributed by atoms with E-state index in [0.717, 1.165) is 64.2 Å². The molecule has 1 unspecified atom stereocenters. The number of hydrogen-bond acceptors (Lipinski definition) is 12. The van der Waals surface area contributed by atoms with Gasteiger partial charge in [0.05, 0.1) is 45.7 Å². The zero-order chi connectivity index (χ0) is 43.8. The Hall–Kier alpha value is -3.41. The van der Waals surface area contributed by atoms with Gasteiger partial charge in [-0.3, -0.25) is 29.1 Å². The average molecular weight is 864 g/mol. The van der Waals surface area contributed by atoms with Crippen LogP contribution in [-0.2, 0) is 47.7 Å². The molecule has 59 heavy (non-hydrogen) atoms. The molecule has 0 heterocycles. The van der Waals surface area contributed by atoms with Crippen LogP contribution in [-0.4, -0.2) is 135 Å². The number of carbonyl (C=O) groups excluding carboxylic acids is 4. The van der Waals surface area contributed by atoms with Crippen molar-refractivity contribution in [1.82, 2.24) is 26.4 Å². The van der Waals surface area contributed by atoms with Crippen LogP contribution < -0.4 is 26.4 Å². The van der Waals surface area contributed by atoms with E-state index in [1.54, 1.807) is 0 Å². The molecule has 0 spiro atoms. The lowest BCUT2D eigenvalue weighted by Gasteiger charge is -2.14. The van der Waals surface area contributed by atoms with Crippen LogP contribution in [0.5, 0.6) is 0 Å². The lowest BCUT2D eigenvalue weighted by atomic mass is 10.0. The summed E-state index contributed by atoms with van der Waals surface area (Å²) in [6, 6.07) is -1.33. The molecule has 0 saturated heterocycles. The predicted octanol–water partition coefficient (Wildman–Crippen LogP) is 3.29. The number of carboxylic acid groups (broad SMARTS) is 2. The third-order valence-corrected chi connectivity index (χ3v) is 9.43. The van der Waals surface area contributed by atoms with Crippen LogP contribution in [0.4, 0.5) is 0 Å². The molecule has 0 aliphatic rings. The Balaban J connectivity index is 3.66. The molecule has 8 N–H and O–H groups in total. The van der Waals surface area contributed by atoms with Crippen LogP contribution in [0.3, 0.4) is 0 Å². The molecule has 18 nitrogen and oxygen atoms in total. The number of carbonyl (C=O) groups is 6. The molecule has 4 amide bonds. The van der Waals surface area contributed by atoms with Gasteiger partial charge in [-0.25, -0.2) is 4.79 Å². The summed E-state index contributed by atoms with van der Waals surface area (Å²) in [7, 11) is 2.35. The summed E-state index contributed by atoms with van der Waals surface area (Å²) in [6.07, 6.45) is 15.0. The molecular formula is C40H74N5O13P. The fourth-order valence-corrected chi connectivity index (χ4v) is 6.02. The van der Waals surface area contributed by atoms with Crippen molar-refractivity contribution in [3.05, 3.63) is 12.3 Å². The topological polar surface area (TPSA) is 260 Å². The number of rotatable bonds is 43. The van der Waals surface area contributed by atoms with Crippen LogP contribution in [0.2, 0.25) is 0 Å². The monoisotopic (exact) mass is 864 g/mol. The predicted molar refractivity (Wildman–Crippen MR) is 226 cm³/mol. The first-order valence-corrected chi connectivity index (χ1v) is 21.7. The molecule has 0 bridgehead atoms. The van der Waals surface area contributed by atoms with Crippen LogP contribution in [0, 0.1) is 0 Å². The third kappa shape index (κ3) is 38.5. The second kappa shape index (κ2) is 40.0. The Labute approximate surface area is 352 Å². The first kappa shape index (κ1) is 55.6. The van der Waals surface area contributed by atoms with Crippen molar-refractivity contribution in [2.75, 3.05) is 72.5 Å². The van der Waals surface area contributed by atoms with E-state index in [1.807, 2.05) is 0 Å². The van der Waals surface area contributed by atoms with E-state index < -0.39 is 18.0 Å². The number of hydrogen-bond donors (Lipinski definition) is 8. The van der Waals surface area contributed by atoms with Crippen LogP contribution in [0.1, 0.15) is 122 Å². The Bertz CT molecular complexity index is 1170. The van der Waals surface area contributed by atoms with Gasteiger partial charge in [-0.2, -0.15) is 0 Å². The van der Waals surface area contributed by atoms with Gasteiger partial charge >= 0.3 is 11.9 Å². The summed E-state index contributed by atoms with van der Waals surface area (Å²) in [4.78, 5) is 70.3. The van der Waals surface area contributed by atoms with Gasteiger partial charge in [0.1, 0.15) is 25.0 Å². The maximum Gasteiger partial charge on any atom is 0.326 e. The van der Waals surface area contributed by atoms with Crippen molar-refractivity contribution in [1.29, 1.82) is 0 Å². The molecule has 0 rings (SSSR count). The van der Waals surface area contributed by atoms with Gasteiger partial charge in [-0.15, -0.1) is 0 Å². The smallest absolute Gasteiger partial charge is 0.326 e. The molecular weight excluding hydrogens is 789 g/mol. The SMILES string of the molecule is C=C(O)[C@H](CCCCNC(=O)COCCOCCNC(=O)COCCOCCNC(=O)CC[C@H](NC(=O)CCCCCCCCCCCCCCC(=O)O)C(=O)O)NP. The summed E-state index contributed by atoms with van der Waals surface area (Å²) < 4.78 is 21.3. The van der Waals surface area contributed by atoms with Gasteiger partial charge in [0.15, 0.2) is 0 Å². The van der Waals surface area contributed by atoms with Gasteiger partial charge in [-0.1, -0.05) is 80.2 Å². The molecule has 0 aromatic rings. The molecule has 0 aliphatic heterocycles. The second-order valence-electron chi connectivity index (χ2n) is 14.2. The minimum Gasteiger partial charge on any atom is -0.511 e. The highest BCUT2D eigenvalue weighted by Gasteiger charge is 2.21. The number of nitrogens with one attached hydrogen (secondary N) is 5. The number of aliphatic hydroxyl groups is 1. The summed E-state index contributed by atoms with van der Waals surface area (Å²) in [6.45, 7) is 5.58. The van der Waals surface area contributed by atoms with Gasteiger partial charge in [-0.05, 0) is 38.5 Å². The molecule has 0 aromatic carbocycles. The van der Waals surface area contributed by atoms with E-state index in [2.05, 4.69) is 42.3 Å². The van der Waals surface area contributed by atoms with E-state index in [-0.39, 0.29) is 127 Å². The molecule has 0 saturated carbocycles. The van der Waals surface area contributed by atoms with Crippen LogP contribution in [0.15, 0.2) is 12.3 Å². The summed E-state index contributed by atoms with van der Waals surface area (Å²) in [5.41, 5.74) is 0. The molecule has 0 radical (unpaired) electrons. The third-order valence-electron chi connectivity index (χ3n) is 9.03. The lowest BCUT2D eigenvalue weighted by molar-refractivity contribution is -0.142. The Kier molecular flexibility index (Phi) is 37.7. The van der Waals surface area contributed by atoms with Crippen molar-refractivity contribution in [2.45, 2.75) is 134 Å². The largest absolute Gasteiger partial charge is 0.511 e. The van der Waals surface area contributed by atoms with Crippen molar-refractivity contribution in [2.24, 2.45) is 0 Å². The number of carboxylic acids is 2. The Morgan fingerprint density at radius 3 is 1.41 bits per heavy atom. The minimum absolute atomic E-state index is 0.0306. The first-order valence-electron chi connectivity index (χ1n) is 21.1. The molecule has 0 fully saturated rings. The first-order chi connectivity index (χ1) is 28.5. The Morgan fingerprint density at radius 2 is 0.932 bits per heavy atom. The number of aliphatic hydroxyl groups excluding tert-OH is 1. The molecule has 19 heteroatoms. The zero-order valence-electron chi connectivity index (χ0n) is 35.1. The van der Waals surface area contributed by atoms with E-state index in [0.29, 0.717) is 19.4 Å². The molecule has 3 atom stereocenters. The average Bonchev–Trinajstić information content (AvgIpc) is 3.19. The molecule has 0 aliphatic carbocycles. The molecule has 342 valence electrons. The van der Waals surface area contributed by atoms with Crippen molar-refractivity contribution < 1.29 is 63.0 Å². The lowest BCUT2D eigenvalue weighted by Crippen LogP contribution is -2.41. The van der Waals surface area contributed by atoms with Crippen molar-refractivity contribution in [3.8, 4) is 0 Å². The number of unbranched alkanes of at least 4 members (excludes halogenated alkanes) is 12. The highest BCUT2D eigenvalue weighted by molar-refractivity contribution is 7.13. The van der Waals surface area contributed by atoms with Crippen LogP contribution in [0.25, 0.3) is 0 Å².